The van der Waals surface area contributed by atoms with Crippen molar-refractivity contribution in [3.8, 4) is 0 Å². The number of halogens is 3. The zero-order valence-corrected chi connectivity index (χ0v) is 7.24. The molecule has 1 heterocycles. The van der Waals surface area contributed by atoms with Crippen LogP contribution in [0.4, 0.5) is 19.0 Å². The second-order valence-electron chi connectivity index (χ2n) is 2.89. The smallest absolute Gasteiger partial charge is 0.251 e. The van der Waals surface area contributed by atoms with E-state index in [9.17, 15) is 13.2 Å². The van der Waals surface area contributed by atoms with Gasteiger partial charge in [0.2, 0.25) is 0 Å². The summed E-state index contributed by atoms with van der Waals surface area (Å²) in [5, 5.41) is 2.55. The Morgan fingerprint density at radius 3 is 2.38 bits per heavy atom. The van der Waals surface area contributed by atoms with Gasteiger partial charge in [-0.1, -0.05) is 0 Å². The molecule has 0 atom stereocenters. The third kappa shape index (κ3) is 2.34. The Bertz CT molecular complexity index is 313. The molecule has 0 spiro atoms. The maximum Gasteiger partial charge on any atom is 0.251 e. The first kappa shape index (κ1) is 9.83. The molecule has 0 unspecified atom stereocenters. The van der Waals surface area contributed by atoms with Crippen molar-refractivity contribution in [3.63, 3.8) is 0 Å². The molecule has 0 fully saturated rings. The van der Waals surface area contributed by atoms with E-state index in [1.807, 2.05) is 0 Å². The lowest BCUT2D eigenvalue weighted by molar-refractivity contribution is 0.466. The number of pyridine rings is 1. The summed E-state index contributed by atoms with van der Waals surface area (Å²) in [7, 11) is 0. The van der Waals surface area contributed by atoms with Crippen LogP contribution in [-0.2, 0) is 0 Å². The van der Waals surface area contributed by atoms with Gasteiger partial charge in [0.05, 0.1) is 0 Å². The van der Waals surface area contributed by atoms with Crippen molar-refractivity contribution in [2.75, 3.05) is 5.32 Å². The second-order valence-corrected chi connectivity index (χ2v) is 2.89. The molecule has 13 heavy (non-hydrogen) atoms. The molecular weight excluding hydrogens is 181 g/mol. The second kappa shape index (κ2) is 3.64. The fourth-order valence-corrected chi connectivity index (χ4v) is 0.819. The molecule has 0 aliphatic rings. The summed E-state index contributed by atoms with van der Waals surface area (Å²) in [6.45, 7) is 3.48. The predicted molar refractivity (Wildman–Crippen MR) is 42.9 cm³/mol. The van der Waals surface area contributed by atoms with Gasteiger partial charge < -0.3 is 5.32 Å². The summed E-state index contributed by atoms with van der Waals surface area (Å²) in [6.07, 6.45) is 0. The summed E-state index contributed by atoms with van der Waals surface area (Å²) < 4.78 is 37.8. The Kier molecular flexibility index (Phi) is 2.75. The van der Waals surface area contributed by atoms with Gasteiger partial charge in [0, 0.05) is 12.1 Å². The minimum absolute atomic E-state index is 0.0909. The van der Waals surface area contributed by atoms with Gasteiger partial charge in [-0.2, -0.15) is 9.37 Å². The number of hydrogen-bond donors (Lipinski definition) is 1. The molecule has 72 valence electrons. The molecule has 5 heteroatoms. The molecule has 0 aromatic carbocycles. The number of aromatic nitrogens is 1. The predicted octanol–water partition coefficient (Wildman–Crippen LogP) is 2.32. The average Bonchev–Trinajstić information content (AvgIpc) is 1.99. The van der Waals surface area contributed by atoms with Crippen molar-refractivity contribution in [3.05, 3.63) is 23.6 Å². The van der Waals surface area contributed by atoms with Gasteiger partial charge in [0.1, 0.15) is 0 Å². The van der Waals surface area contributed by atoms with Gasteiger partial charge in [-0.25, -0.2) is 8.78 Å². The van der Waals surface area contributed by atoms with Gasteiger partial charge in [-0.3, -0.25) is 0 Å². The van der Waals surface area contributed by atoms with Crippen molar-refractivity contribution in [2.45, 2.75) is 19.9 Å². The minimum atomic E-state index is -1.30. The van der Waals surface area contributed by atoms with Crippen LogP contribution in [0.2, 0.25) is 0 Å². The highest BCUT2D eigenvalue weighted by Crippen LogP contribution is 2.14. The van der Waals surface area contributed by atoms with Crippen LogP contribution in [0.3, 0.4) is 0 Å². The van der Waals surface area contributed by atoms with Crippen LogP contribution in [0.15, 0.2) is 6.07 Å². The molecule has 0 aliphatic carbocycles. The highest BCUT2D eigenvalue weighted by molar-refractivity contribution is 5.36. The van der Waals surface area contributed by atoms with Crippen LogP contribution in [0.5, 0.6) is 0 Å². The largest absolute Gasteiger partial charge is 0.365 e. The number of rotatable bonds is 2. The molecule has 0 bridgehead atoms. The quantitative estimate of drug-likeness (QED) is 0.724. The van der Waals surface area contributed by atoms with E-state index >= 15 is 0 Å². The van der Waals surface area contributed by atoms with E-state index in [-0.39, 0.29) is 11.9 Å². The molecule has 1 N–H and O–H groups in total. The average molecular weight is 190 g/mol. The number of nitrogens with one attached hydrogen (secondary N) is 1. The molecule has 0 aliphatic heterocycles. The monoisotopic (exact) mass is 190 g/mol. The van der Waals surface area contributed by atoms with E-state index in [4.69, 9.17) is 0 Å². The Labute approximate surface area is 73.8 Å². The van der Waals surface area contributed by atoms with Gasteiger partial charge in [-0.05, 0) is 13.8 Å². The standard InChI is InChI=1S/C8H9F3N2/c1-4(2)12-8-6(10)3-5(9)7(11)13-8/h3-4H,1-2H3,(H,12,13). The molecule has 0 saturated carbocycles. The van der Waals surface area contributed by atoms with Gasteiger partial charge in [0.15, 0.2) is 17.5 Å². The third-order valence-corrected chi connectivity index (χ3v) is 1.31. The molecule has 2 nitrogen and oxygen atoms in total. The first-order valence-electron chi connectivity index (χ1n) is 3.78. The van der Waals surface area contributed by atoms with Crippen LogP contribution in [0.1, 0.15) is 13.8 Å². The highest BCUT2D eigenvalue weighted by Gasteiger charge is 2.11. The van der Waals surface area contributed by atoms with Crippen LogP contribution in [0, 0.1) is 17.6 Å². The first-order valence-corrected chi connectivity index (χ1v) is 3.78. The maximum absolute atomic E-state index is 12.9. The number of nitrogens with zero attached hydrogens (tertiary/aromatic N) is 1. The summed E-state index contributed by atoms with van der Waals surface area (Å²) in [5.74, 6) is -3.75. The lowest BCUT2D eigenvalue weighted by atomic mass is 10.3. The molecule has 0 amide bonds. The van der Waals surface area contributed by atoms with Gasteiger partial charge in [0.25, 0.3) is 5.95 Å². The van der Waals surface area contributed by atoms with Crippen LogP contribution in [0.25, 0.3) is 0 Å². The fourth-order valence-electron chi connectivity index (χ4n) is 0.819. The molecule has 0 saturated heterocycles. The number of hydrogen-bond acceptors (Lipinski definition) is 2. The van der Waals surface area contributed by atoms with Gasteiger partial charge in [-0.15, -0.1) is 0 Å². The number of anilines is 1. The third-order valence-electron chi connectivity index (χ3n) is 1.31. The first-order chi connectivity index (χ1) is 6.00. The van der Waals surface area contributed by atoms with E-state index in [1.165, 1.54) is 0 Å². The summed E-state index contributed by atoms with van der Waals surface area (Å²) in [5.41, 5.74) is 0. The zero-order valence-electron chi connectivity index (χ0n) is 7.24. The highest BCUT2D eigenvalue weighted by atomic mass is 19.2. The SMILES string of the molecule is CC(C)Nc1nc(F)c(F)cc1F. The van der Waals surface area contributed by atoms with Crippen molar-refractivity contribution >= 4 is 5.82 Å². The Morgan fingerprint density at radius 2 is 1.85 bits per heavy atom. The molecule has 0 radical (unpaired) electrons. The molecule has 1 rings (SSSR count). The Balaban J connectivity index is 3.01. The lowest BCUT2D eigenvalue weighted by Gasteiger charge is -2.09. The zero-order chi connectivity index (χ0) is 10.0. The normalized spacial score (nSPS) is 10.6. The van der Waals surface area contributed by atoms with Gasteiger partial charge >= 0.3 is 0 Å². The lowest BCUT2D eigenvalue weighted by Crippen LogP contribution is -2.13. The van der Waals surface area contributed by atoms with Crippen molar-refractivity contribution in [1.29, 1.82) is 0 Å². The fraction of sp³-hybridized carbons (Fsp3) is 0.375. The van der Waals surface area contributed by atoms with E-state index < -0.39 is 17.6 Å². The van der Waals surface area contributed by atoms with E-state index in [0.29, 0.717) is 6.07 Å². The van der Waals surface area contributed by atoms with Crippen molar-refractivity contribution < 1.29 is 13.2 Å². The minimum Gasteiger partial charge on any atom is -0.365 e. The summed E-state index contributed by atoms with van der Waals surface area (Å²) in [6, 6.07) is 0.374. The molecular formula is C8H9F3N2. The molecule has 1 aromatic heterocycles. The Hall–Kier alpha value is -1.26. The molecule has 1 aromatic rings. The topological polar surface area (TPSA) is 24.9 Å². The Morgan fingerprint density at radius 1 is 1.23 bits per heavy atom. The summed E-state index contributed by atoms with van der Waals surface area (Å²) >= 11 is 0. The maximum atomic E-state index is 12.9. The van der Waals surface area contributed by atoms with Crippen LogP contribution < -0.4 is 5.32 Å². The van der Waals surface area contributed by atoms with E-state index in [0.717, 1.165) is 0 Å². The van der Waals surface area contributed by atoms with E-state index in [1.54, 1.807) is 13.8 Å². The van der Waals surface area contributed by atoms with Crippen molar-refractivity contribution in [1.82, 2.24) is 4.98 Å². The van der Waals surface area contributed by atoms with E-state index in [2.05, 4.69) is 10.3 Å². The van der Waals surface area contributed by atoms with Crippen LogP contribution >= 0.6 is 0 Å². The van der Waals surface area contributed by atoms with Crippen molar-refractivity contribution in [2.24, 2.45) is 0 Å². The van der Waals surface area contributed by atoms with Crippen LogP contribution in [-0.4, -0.2) is 11.0 Å². The summed E-state index contributed by atoms with van der Waals surface area (Å²) in [4.78, 5) is 3.08.